The fourth-order valence-corrected chi connectivity index (χ4v) is 3.21. The van der Waals surface area contributed by atoms with Gasteiger partial charge in [-0.05, 0) is 11.6 Å². The number of nitro groups is 1. The molecule has 0 amide bonds. The summed E-state index contributed by atoms with van der Waals surface area (Å²) in [5, 5.41) is 15.2. The normalized spacial score (nSPS) is 20.6. The number of hydrogen-bond donors (Lipinski definition) is 1. The van der Waals surface area contributed by atoms with Crippen LogP contribution >= 0.6 is 11.6 Å². The molecule has 1 aliphatic rings. The van der Waals surface area contributed by atoms with Crippen molar-refractivity contribution in [3.63, 3.8) is 0 Å². The van der Waals surface area contributed by atoms with Crippen molar-refractivity contribution in [2.45, 2.75) is 12.6 Å². The summed E-state index contributed by atoms with van der Waals surface area (Å²) in [7, 11) is -3.12. The van der Waals surface area contributed by atoms with Crippen molar-refractivity contribution >= 4 is 27.1 Å². The number of sulfone groups is 1. The summed E-state index contributed by atoms with van der Waals surface area (Å²) in [6.45, 7) is 0.269. The zero-order chi connectivity index (χ0) is 14.0. The fraction of sp³-hybridized carbons (Fsp3) is 0.273. The zero-order valence-electron chi connectivity index (χ0n) is 9.74. The number of nitro benzene ring substituents is 1. The first-order valence-electron chi connectivity index (χ1n) is 5.44. The van der Waals surface area contributed by atoms with E-state index >= 15 is 0 Å². The minimum Gasteiger partial charge on any atom is -0.305 e. The van der Waals surface area contributed by atoms with E-state index in [0.29, 0.717) is 10.6 Å². The molecule has 1 aliphatic heterocycles. The highest BCUT2D eigenvalue weighted by Gasteiger charge is 2.21. The Morgan fingerprint density at radius 1 is 1.47 bits per heavy atom. The Kier molecular flexibility index (Phi) is 3.88. The lowest BCUT2D eigenvalue weighted by Crippen LogP contribution is -2.29. The Labute approximate surface area is 115 Å². The van der Waals surface area contributed by atoms with Gasteiger partial charge in [0.1, 0.15) is 0 Å². The van der Waals surface area contributed by atoms with Crippen molar-refractivity contribution in [2.75, 3.05) is 5.75 Å². The third-order valence-electron chi connectivity index (χ3n) is 2.72. The standard InChI is InChI=1S/C11H11ClN2O4S/c12-11-2-1-10(14(15)16)5-8(11)6-13-9-3-4-19(17,18)7-9/h1-5,9,13H,6-7H2. The number of nitrogens with one attached hydrogen (secondary N) is 1. The van der Waals surface area contributed by atoms with Crippen LogP contribution in [0, 0.1) is 10.1 Å². The lowest BCUT2D eigenvalue weighted by Gasteiger charge is -2.10. The topological polar surface area (TPSA) is 89.3 Å². The number of non-ortho nitro benzene ring substituents is 1. The van der Waals surface area contributed by atoms with E-state index in [-0.39, 0.29) is 24.0 Å². The Hall–Kier alpha value is -1.44. The van der Waals surface area contributed by atoms with E-state index in [0.717, 1.165) is 0 Å². The second-order valence-corrected chi connectivity index (χ2v) is 6.52. The summed E-state index contributed by atoms with van der Waals surface area (Å²) in [6.07, 6.45) is 1.56. The van der Waals surface area contributed by atoms with Crippen LogP contribution in [0.2, 0.25) is 5.02 Å². The van der Waals surface area contributed by atoms with Crippen molar-refractivity contribution in [3.8, 4) is 0 Å². The van der Waals surface area contributed by atoms with Crippen molar-refractivity contribution in [1.29, 1.82) is 0 Å². The molecule has 1 unspecified atom stereocenters. The highest BCUT2D eigenvalue weighted by molar-refractivity contribution is 7.94. The highest BCUT2D eigenvalue weighted by Crippen LogP contribution is 2.22. The van der Waals surface area contributed by atoms with E-state index in [1.807, 2.05) is 0 Å². The molecule has 2 rings (SSSR count). The van der Waals surface area contributed by atoms with Crippen molar-refractivity contribution in [1.82, 2.24) is 5.32 Å². The van der Waals surface area contributed by atoms with Crippen LogP contribution < -0.4 is 5.32 Å². The molecule has 0 spiro atoms. The molecule has 1 aromatic rings. The number of nitrogens with zero attached hydrogens (tertiary/aromatic N) is 1. The molecule has 8 heteroatoms. The van der Waals surface area contributed by atoms with Crippen LogP contribution in [0.5, 0.6) is 0 Å². The molecule has 102 valence electrons. The monoisotopic (exact) mass is 302 g/mol. The molecule has 1 aromatic carbocycles. The molecular weight excluding hydrogens is 292 g/mol. The number of benzene rings is 1. The summed E-state index contributed by atoms with van der Waals surface area (Å²) in [5.74, 6) is -0.000451. The van der Waals surface area contributed by atoms with E-state index in [2.05, 4.69) is 5.32 Å². The van der Waals surface area contributed by atoms with E-state index in [1.54, 1.807) is 6.08 Å². The molecule has 0 saturated carbocycles. The first kappa shape index (κ1) is 14.0. The van der Waals surface area contributed by atoms with Gasteiger partial charge in [-0.2, -0.15) is 0 Å². The van der Waals surface area contributed by atoms with Gasteiger partial charge in [-0.25, -0.2) is 8.42 Å². The minimum atomic E-state index is -3.12. The van der Waals surface area contributed by atoms with Crippen molar-refractivity contribution < 1.29 is 13.3 Å². The van der Waals surface area contributed by atoms with Crippen LogP contribution in [0.4, 0.5) is 5.69 Å². The van der Waals surface area contributed by atoms with Gasteiger partial charge >= 0.3 is 0 Å². The summed E-state index contributed by atoms with van der Waals surface area (Å²) >= 11 is 5.94. The van der Waals surface area contributed by atoms with Gasteiger partial charge in [0.25, 0.3) is 5.69 Å². The maximum atomic E-state index is 11.2. The Morgan fingerprint density at radius 2 is 2.21 bits per heavy atom. The molecule has 0 bridgehead atoms. The predicted octanol–water partition coefficient (Wildman–Crippen LogP) is 1.65. The van der Waals surface area contributed by atoms with Crippen molar-refractivity contribution in [2.24, 2.45) is 0 Å². The summed E-state index contributed by atoms with van der Waals surface area (Å²) in [5.41, 5.74) is 0.518. The Balaban J connectivity index is 2.06. The minimum absolute atomic E-state index is 0.000451. The van der Waals surface area contributed by atoms with Gasteiger partial charge in [-0.1, -0.05) is 17.7 Å². The Morgan fingerprint density at radius 3 is 2.79 bits per heavy atom. The first-order chi connectivity index (χ1) is 8.87. The summed E-state index contributed by atoms with van der Waals surface area (Å²) in [4.78, 5) is 10.2. The maximum Gasteiger partial charge on any atom is 0.269 e. The number of hydrogen-bond acceptors (Lipinski definition) is 5. The van der Waals surface area contributed by atoms with Crippen LogP contribution in [-0.4, -0.2) is 25.1 Å². The van der Waals surface area contributed by atoms with Crippen LogP contribution in [0.3, 0.4) is 0 Å². The van der Waals surface area contributed by atoms with Gasteiger partial charge in [0, 0.05) is 35.2 Å². The third-order valence-corrected chi connectivity index (χ3v) is 4.49. The van der Waals surface area contributed by atoms with Gasteiger partial charge < -0.3 is 5.32 Å². The Bertz CT molecular complexity index is 642. The van der Waals surface area contributed by atoms with Crippen LogP contribution in [0.1, 0.15) is 5.56 Å². The SMILES string of the molecule is O=[N+]([O-])c1ccc(Cl)c(CNC2C=CS(=O)(=O)C2)c1. The van der Waals surface area contributed by atoms with Crippen LogP contribution in [0.15, 0.2) is 29.7 Å². The zero-order valence-corrected chi connectivity index (χ0v) is 11.3. The number of rotatable bonds is 4. The van der Waals surface area contributed by atoms with Crippen LogP contribution in [0.25, 0.3) is 0 Å². The smallest absolute Gasteiger partial charge is 0.269 e. The summed E-state index contributed by atoms with van der Waals surface area (Å²) in [6, 6.07) is 3.87. The van der Waals surface area contributed by atoms with Crippen molar-refractivity contribution in [3.05, 3.63) is 50.4 Å². The van der Waals surface area contributed by atoms with E-state index in [1.165, 1.54) is 23.6 Å². The van der Waals surface area contributed by atoms with Gasteiger partial charge in [-0.3, -0.25) is 10.1 Å². The molecule has 0 radical (unpaired) electrons. The van der Waals surface area contributed by atoms with Gasteiger partial charge in [0.05, 0.1) is 10.7 Å². The molecule has 0 saturated heterocycles. The van der Waals surface area contributed by atoms with Gasteiger partial charge in [-0.15, -0.1) is 0 Å². The lowest BCUT2D eigenvalue weighted by molar-refractivity contribution is -0.384. The largest absolute Gasteiger partial charge is 0.305 e. The predicted molar refractivity (Wildman–Crippen MR) is 71.7 cm³/mol. The molecule has 0 aromatic heterocycles. The average molecular weight is 303 g/mol. The van der Waals surface area contributed by atoms with E-state index in [9.17, 15) is 18.5 Å². The molecular formula is C11H11ClN2O4S. The molecule has 1 heterocycles. The van der Waals surface area contributed by atoms with E-state index < -0.39 is 14.8 Å². The van der Waals surface area contributed by atoms with Gasteiger partial charge in [0.2, 0.25) is 0 Å². The highest BCUT2D eigenvalue weighted by atomic mass is 35.5. The van der Waals surface area contributed by atoms with Crippen LogP contribution in [-0.2, 0) is 16.4 Å². The van der Waals surface area contributed by atoms with E-state index in [4.69, 9.17) is 11.6 Å². The third kappa shape index (κ3) is 3.52. The molecule has 19 heavy (non-hydrogen) atoms. The van der Waals surface area contributed by atoms with Gasteiger partial charge in [0.15, 0.2) is 9.84 Å². The average Bonchev–Trinajstić information content (AvgIpc) is 2.67. The summed E-state index contributed by atoms with van der Waals surface area (Å²) < 4.78 is 22.4. The quantitative estimate of drug-likeness (QED) is 0.674. The first-order valence-corrected chi connectivity index (χ1v) is 7.54. The molecule has 1 N–H and O–H groups in total. The second kappa shape index (κ2) is 5.28. The molecule has 0 aliphatic carbocycles. The lowest BCUT2D eigenvalue weighted by atomic mass is 10.2. The fourth-order valence-electron chi connectivity index (χ4n) is 1.75. The maximum absolute atomic E-state index is 11.2. The number of halogens is 1. The molecule has 6 nitrogen and oxygen atoms in total. The molecule has 0 fully saturated rings. The second-order valence-electron chi connectivity index (χ2n) is 4.18. The molecule has 1 atom stereocenters.